The second-order valence-corrected chi connectivity index (χ2v) is 6.04. The molecule has 21 heavy (non-hydrogen) atoms. The Hall–Kier alpha value is -2.35. The van der Waals surface area contributed by atoms with Crippen LogP contribution < -0.4 is 4.90 Å². The minimum Gasteiger partial charge on any atom is -0.347 e. The summed E-state index contributed by atoms with van der Waals surface area (Å²) in [5, 5.41) is 7.54. The van der Waals surface area contributed by atoms with E-state index in [9.17, 15) is 0 Å². The van der Waals surface area contributed by atoms with Crippen molar-refractivity contribution < 1.29 is 0 Å². The molecule has 0 bridgehead atoms. The highest BCUT2D eigenvalue weighted by Gasteiger charge is 2.37. The van der Waals surface area contributed by atoms with Crippen molar-refractivity contribution >= 4 is 11.4 Å². The summed E-state index contributed by atoms with van der Waals surface area (Å²) in [5.74, 6) is 0. The first-order chi connectivity index (χ1) is 10.00. The van der Waals surface area contributed by atoms with E-state index in [0.29, 0.717) is 5.71 Å². The Balaban J connectivity index is 1.99. The number of rotatable bonds is 1. The van der Waals surface area contributed by atoms with Crippen LogP contribution in [0.5, 0.6) is 0 Å². The molecule has 0 saturated heterocycles. The summed E-state index contributed by atoms with van der Waals surface area (Å²) in [7, 11) is 2.13. The number of hydrogen-bond donors (Lipinski definition) is 1. The second kappa shape index (κ2) is 4.88. The lowest BCUT2D eigenvalue weighted by Gasteiger charge is -2.23. The molecule has 0 radical (unpaired) electrons. The smallest absolute Gasteiger partial charge is 0.0540 e. The van der Waals surface area contributed by atoms with Gasteiger partial charge in [0, 0.05) is 23.8 Å². The Morgan fingerprint density at radius 3 is 2.33 bits per heavy atom. The molecule has 106 valence electrons. The molecule has 0 atom stereocenters. The molecule has 2 heteroatoms. The highest BCUT2D eigenvalue weighted by Crippen LogP contribution is 2.46. The van der Waals surface area contributed by atoms with Gasteiger partial charge < -0.3 is 10.3 Å². The van der Waals surface area contributed by atoms with Crippen molar-refractivity contribution in [2.24, 2.45) is 0 Å². The maximum absolute atomic E-state index is 7.54. The Morgan fingerprint density at radius 1 is 1.00 bits per heavy atom. The summed E-state index contributed by atoms with van der Waals surface area (Å²) < 4.78 is 0. The Morgan fingerprint density at radius 2 is 1.67 bits per heavy atom. The van der Waals surface area contributed by atoms with Crippen LogP contribution in [-0.4, -0.2) is 12.8 Å². The summed E-state index contributed by atoms with van der Waals surface area (Å²) in [6.45, 7) is 4.53. The maximum Gasteiger partial charge on any atom is 0.0540 e. The summed E-state index contributed by atoms with van der Waals surface area (Å²) in [6, 6.07) is 8.58. The van der Waals surface area contributed by atoms with Crippen LogP contribution in [0.2, 0.25) is 0 Å². The lowest BCUT2D eigenvalue weighted by molar-refractivity contribution is 0.640. The standard InChI is InChI=1S/C19H20N2/c1-19(2)16-6-4-5-7-17(16)21(3)18(19)13-10-14-8-11-15(20)12-9-14/h4-13,20H,1-3H3/b14-10?,18-13-,20-15?. The van der Waals surface area contributed by atoms with Crippen LogP contribution in [0, 0.1) is 5.41 Å². The van der Waals surface area contributed by atoms with Crippen molar-refractivity contribution in [3.05, 3.63) is 77.6 Å². The normalized spacial score (nSPS) is 21.1. The third kappa shape index (κ3) is 2.27. The molecule has 2 aliphatic rings. The molecule has 0 amide bonds. The third-order valence-electron chi connectivity index (χ3n) is 4.28. The third-order valence-corrected chi connectivity index (χ3v) is 4.28. The first-order valence-corrected chi connectivity index (χ1v) is 7.20. The predicted molar refractivity (Wildman–Crippen MR) is 90.0 cm³/mol. The van der Waals surface area contributed by atoms with Crippen LogP contribution in [-0.2, 0) is 5.41 Å². The Kier molecular flexibility index (Phi) is 3.17. The summed E-state index contributed by atoms with van der Waals surface area (Å²) in [6.07, 6.45) is 11.9. The van der Waals surface area contributed by atoms with Crippen LogP contribution in [0.1, 0.15) is 19.4 Å². The average Bonchev–Trinajstić information content (AvgIpc) is 2.67. The van der Waals surface area contributed by atoms with E-state index in [2.05, 4.69) is 62.2 Å². The lowest BCUT2D eigenvalue weighted by Crippen LogP contribution is -2.22. The Bertz CT molecular complexity index is 697. The minimum absolute atomic E-state index is 0.0111. The van der Waals surface area contributed by atoms with Crippen molar-refractivity contribution in [3.8, 4) is 0 Å². The predicted octanol–water partition coefficient (Wildman–Crippen LogP) is 4.37. The number of para-hydroxylation sites is 1. The number of nitrogens with zero attached hydrogens (tertiary/aromatic N) is 1. The van der Waals surface area contributed by atoms with E-state index in [4.69, 9.17) is 5.41 Å². The summed E-state index contributed by atoms with van der Waals surface area (Å²) in [4.78, 5) is 2.27. The molecule has 2 nitrogen and oxygen atoms in total. The molecular formula is C19H20N2. The molecule has 1 aliphatic carbocycles. The van der Waals surface area contributed by atoms with Crippen molar-refractivity contribution in [1.29, 1.82) is 5.41 Å². The molecule has 0 unspecified atom stereocenters. The zero-order valence-electron chi connectivity index (χ0n) is 12.7. The molecule has 1 aliphatic heterocycles. The van der Waals surface area contributed by atoms with Gasteiger partial charge in [0.1, 0.15) is 0 Å². The maximum atomic E-state index is 7.54. The van der Waals surface area contributed by atoms with Gasteiger partial charge in [-0.05, 0) is 35.4 Å². The van der Waals surface area contributed by atoms with E-state index in [-0.39, 0.29) is 5.41 Å². The number of fused-ring (bicyclic) bond motifs is 1. The van der Waals surface area contributed by atoms with Gasteiger partial charge >= 0.3 is 0 Å². The first-order valence-electron chi connectivity index (χ1n) is 7.20. The first kappa shape index (κ1) is 13.6. The van der Waals surface area contributed by atoms with Crippen molar-refractivity contribution in [1.82, 2.24) is 0 Å². The van der Waals surface area contributed by atoms with E-state index >= 15 is 0 Å². The van der Waals surface area contributed by atoms with Gasteiger partial charge in [-0.2, -0.15) is 0 Å². The molecule has 1 heterocycles. The number of nitrogens with one attached hydrogen (secondary N) is 1. The van der Waals surface area contributed by atoms with E-state index in [0.717, 1.165) is 5.57 Å². The highest BCUT2D eigenvalue weighted by molar-refractivity contribution is 6.03. The van der Waals surface area contributed by atoms with Crippen LogP contribution in [0.25, 0.3) is 0 Å². The molecule has 3 rings (SSSR count). The fraction of sp³-hybridized carbons (Fsp3) is 0.211. The largest absolute Gasteiger partial charge is 0.347 e. The van der Waals surface area contributed by atoms with Gasteiger partial charge in [-0.3, -0.25) is 0 Å². The number of allylic oxidation sites excluding steroid dienone is 8. The van der Waals surface area contributed by atoms with Gasteiger partial charge in [0.25, 0.3) is 0 Å². The van der Waals surface area contributed by atoms with Gasteiger partial charge in [-0.1, -0.05) is 50.3 Å². The quantitative estimate of drug-likeness (QED) is 0.810. The zero-order valence-corrected chi connectivity index (χ0v) is 12.7. The molecule has 0 aromatic heterocycles. The van der Waals surface area contributed by atoms with Crippen LogP contribution >= 0.6 is 0 Å². The molecule has 0 fully saturated rings. The molecule has 1 aromatic carbocycles. The van der Waals surface area contributed by atoms with E-state index in [1.165, 1.54) is 16.9 Å². The number of benzene rings is 1. The van der Waals surface area contributed by atoms with Gasteiger partial charge in [0.05, 0.1) is 5.71 Å². The van der Waals surface area contributed by atoms with Crippen LogP contribution in [0.15, 0.2) is 72.0 Å². The minimum atomic E-state index is 0.0111. The fourth-order valence-electron chi connectivity index (χ4n) is 3.07. The van der Waals surface area contributed by atoms with Crippen molar-refractivity contribution in [2.45, 2.75) is 19.3 Å². The topological polar surface area (TPSA) is 27.1 Å². The lowest BCUT2D eigenvalue weighted by atomic mass is 9.83. The second-order valence-electron chi connectivity index (χ2n) is 6.04. The van der Waals surface area contributed by atoms with E-state index in [1.54, 1.807) is 0 Å². The zero-order chi connectivity index (χ0) is 15.0. The number of anilines is 1. The number of likely N-dealkylation sites (N-methyl/N-ethyl adjacent to an activating group) is 1. The van der Waals surface area contributed by atoms with Crippen LogP contribution in [0.3, 0.4) is 0 Å². The monoisotopic (exact) mass is 276 g/mol. The molecule has 0 spiro atoms. The van der Waals surface area contributed by atoms with Crippen molar-refractivity contribution in [3.63, 3.8) is 0 Å². The Labute approximate surface area is 126 Å². The highest BCUT2D eigenvalue weighted by atomic mass is 15.2. The van der Waals surface area contributed by atoms with E-state index in [1.807, 2.05) is 24.3 Å². The molecular weight excluding hydrogens is 256 g/mol. The SMILES string of the molecule is CN1/C(=C\C=C2C=CC(=N)C=C2)C(C)(C)c2ccccc21. The molecule has 1 N–H and O–H groups in total. The summed E-state index contributed by atoms with van der Waals surface area (Å²) in [5.41, 5.74) is 5.62. The summed E-state index contributed by atoms with van der Waals surface area (Å²) >= 11 is 0. The number of hydrogen-bond acceptors (Lipinski definition) is 2. The van der Waals surface area contributed by atoms with Crippen LogP contribution in [0.4, 0.5) is 5.69 Å². The van der Waals surface area contributed by atoms with Gasteiger partial charge in [-0.25, -0.2) is 0 Å². The van der Waals surface area contributed by atoms with Gasteiger partial charge in [-0.15, -0.1) is 0 Å². The average molecular weight is 276 g/mol. The van der Waals surface area contributed by atoms with Gasteiger partial charge in [0.15, 0.2) is 0 Å². The molecule has 0 saturated carbocycles. The van der Waals surface area contributed by atoms with Crippen molar-refractivity contribution in [2.75, 3.05) is 11.9 Å². The fourth-order valence-corrected chi connectivity index (χ4v) is 3.07. The van der Waals surface area contributed by atoms with Gasteiger partial charge in [0.2, 0.25) is 0 Å². The molecule has 1 aromatic rings. The van der Waals surface area contributed by atoms with E-state index < -0.39 is 0 Å².